The van der Waals surface area contributed by atoms with Gasteiger partial charge in [0.05, 0.1) is 24.6 Å². The van der Waals surface area contributed by atoms with E-state index < -0.39 is 25.2 Å². The van der Waals surface area contributed by atoms with Crippen molar-refractivity contribution in [3.8, 4) is 17.2 Å². The number of ether oxygens (including phenoxy) is 4. The van der Waals surface area contributed by atoms with Crippen LogP contribution in [0, 0.1) is 5.92 Å². The van der Waals surface area contributed by atoms with E-state index in [-0.39, 0.29) is 30.1 Å². The van der Waals surface area contributed by atoms with E-state index in [0.717, 1.165) is 65.1 Å². The lowest BCUT2D eigenvalue weighted by Crippen LogP contribution is -2.41. The number of aromatic nitrogens is 1. The maximum Gasteiger partial charge on any atom is 0.307 e. The Balaban J connectivity index is 1.84. The van der Waals surface area contributed by atoms with Crippen molar-refractivity contribution >= 4 is 25.9 Å². The molecular weight excluding hydrogens is 666 g/mol. The molecule has 50 heavy (non-hydrogen) atoms. The first-order valence-corrected chi connectivity index (χ1v) is 21.3. The summed E-state index contributed by atoms with van der Waals surface area (Å²) < 4.78 is 29.6. The van der Waals surface area contributed by atoms with E-state index in [4.69, 9.17) is 40.0 Å². The number of hydrogen-bond acceptors (Lipinski definition) is 7. The molecule has 0 aliphatic carbocycles. The first kappa shape index (κ1) is 39.7. The number of halogens is 1. The van der Waals surface area contributed by atoms with Crippen LogP contribution in [0.5, 0.6) is 17.2 Å². The summed E-state index contributed by atoms with van der Waals surface area (Å²) >= 11 is 7.38. The van der Waals surface area contributed by atoms with Gasteiger partial charge in [-0.25, -0.2) is 0 Å². The topological polar surface area (TPSA) is 76.1 Å². The zero-order valence-electron chi connectivity index (χ0n) is 32.1. The Labute approximate surface area is 306 Å². The van der Waals surface area contributed by atoms with Crippen molar-refractivity contribution < 1.29 is 28.2 Å². The lowest BCUT2D eigenvalue weighted by Gasteiger charge is -2.37. The molecule has 3 atom stereocenters. The van der Waals surface area contributed by atoms with E-state index >= 15 is 0 Å². The molecule has 1 unspecified atom stereocenters. The van der Waals surface area contributed by atoms with Crippen molar-refractivity contribution in [1.82, 2.24) is 4.98 Å². The molecular formula is C41H58ClNO6Si. The van der Waals surface area contributed by atoms with E-state index in [1.165, 1.54) is 0 Å². The van der Waals surface area contributed by atoms with E-state index in [0.29, 0.717) is 18.1 Å². The van der Waals surface area contributed by atoms with Gasteiger partial charge in [-0.1, -0.05) is 59.2 Å². The lowest BCUT2D eigenvalue weighted by molar-refractivity contribution is -0.155. The summed E-state index contributed by atoms with van der Waals surface area (Å²) in [7, 11) is -0.257. The summed E-state index contributed by atoms with van der Waals surface area (Å²) in [6.45, 7) is 22.3. The fourth-order valence-corrected chi connectivity index (χ4v) is 7.35. The molecule has 1 aliphatic heterocycles. The molecule has 274 valence electrons. The normalized spacial score (nSPS) is 15.0. The van der Waals surface area contributed by atoms with Crippen LogP contribution in [0.4, 0.5) is 0 Å². The third-order valence-electron chi connectivity index (χ3n) is 9.71. The highest BCUT2D eigenvalue weighted by Crippen LogP contribution is 2.43. The van der Waals surface area contributed by atoms with Gasteiger partial charge in [0.15, 0.2) is 19.8 Å². The van der Waals surface area contributed by atoms with Crippen LogP contribution in [-0.2, 0) is 26.8 Å². The van der Waals surface area contributed by atoms with Crippen LogP contribution in [-0.4, -0.2) is 45.4 Å². The average molecular weight is 724 g/mol. The van der Waals surface area contributed by atoms with Crippen molar-refractivity contribution in [2.24, 2.45) is 5.92 Å². The van der Waals surface area contributed by atoms with Crippen molar-refractivity contribution in [2.75, 3.05) is 20.5 Å². The van der Waals surface area contributed by atoms with Crippen molar-refractivity contribution in [3.63, 3.8) is 0 Å². The Hall–Kier alpha value is -3.07. The quantitative estimate of drug-likeness (QED) is 0.0877. The number of esters is 1. The minimum absolute atomic E-state index is 0.105. The lowest BCUT2D eigenvalue weighted by atomic mass is 9.83. The second-order valence-electron chi connectivity index (χ2n) is 16.1. The van der Waals surface area contributed by atoms with Crippen molar-refractivity contribution in [3.05, 3.63) is 82.2 Å². The molecule has 0 amide bonds. The third kappa shape index (κ3) is 10.3. The second kappa shape index (κ2) is 16.5. The van der Waals surface area contributed by atoms with E-state index in [1.54, 1.807) is 7.11 Å². The van der Waals surface area contributed by atoms with Gasteiger partial charge < -0.3 is 23.4 Å². The number of pyridine rings is 1. The van der Waals surface area contributed by atoms with Crippen LogP contribution in [0.2, 0.25) is 18.1 Å². The Morgan fingerprint density at radius 2 is 1.68 bits per heavy atom. The standard InChI is InChI=1S/C41H58ClNO6Si/c1-12-13-14-30-16-18-33(38(42)28-15-20-35-36(23-28)47-26-46-35)39(43-30)34(24-37(44)49-40(3,4)5)32-19-17-31(45-9)22-29(32)21-27(2)25-48-50(10,11)41(6,7)8/h15-20,22-23,27,34,38H,12-14,21,24-26H2,1-11H3/t27-,34+,38?/m0/s1. The average Bonchev–Trinajstić information content (AvgIpc) is 3.52. The summed E-state index contributed by atoms with van der Waals surface area (Å²) in [5.41, 5.74) is 4.91. The summed E-state index contributed by atoms with van der Waals surface area (Å²) in [6, 6.07) is 16.1. The highest BCUT2D eigenvalue weighted by atomic mass is 35.5. The first-order chi connectivity index (χ1) is 23.4. The Morgan fingerprint density at radius 3 is 2.34 bits per heavy atom. The smallest absolute Gasteiger partial charge is 0.307 e. The van der Waals surface area contributed by atoms with Gasteiger partial charge in [-0.2, -0.15) is 0 Å². The molecule has 0 N–H and O–H groups in total. The fourth-order valence-electron chi connectivity index (χ4n) is 5.90. The van der Waals surface area contributed by atoms with Crippen LogP contribution >= 0.6 is 11.6 Å². The maximum atomic E-state index is 13.8. The number of aryl methyl sites for hydroxylation is 1. The molecule has 2 heterocycles. The molecule has 0 fully saturated rings. The molecule has 7 nitrogen and oxygen atoms in total. The van der Waals surface area contributed by atoms with E-state index in [9.17, 15) is 4.79 Å². The van der Waals surface area contributed by atoms with Gasteiger partial charge in [0.25, 0.3) is 0 Å². The molecule has 4 rings (SSSR count). The molecule has 0 bridgehead atoms. The Morgan fingerprint density at radius 1 is 0.980 bits per heavy atom. The SMILES string of the molecule is CCCCc1ccc(C(Cl)c2ccc3c(c2)OCO3)c([C@H](CC(=O)OC(C)(C)C)c2ccc(OC)cc2C[C@H](C)CO[Si](C)(C)C(C)(C)C)n1. The molecule has 2 aromatic carbocycles. The number of carbonyl (C=O) groups is 1. The van der Waals surface area contributed by atoms with Gasteiger partial charge >= 0.3 is 5.97 Å². The molecule has 0 spiro atoms. The minimum atomic E-state index is -1.94. The highest BCUT2D eigenvalue weighted by Gasteiger charge is 2.37. The number of hydrogen-bond donors (Lipinski definition) is 0. The number of nitrogens with zero attached hydrogens (tertiary/aromatic N) is 1. The van der Waals surface area contributed by atoms with Gasteiger partial charge in [-0.05, 0) is 117 Å². The third-order valence-corrected chi connectivity index (χ3v) is 14.7. The summed E-state index contributed by atoms with van der Waals surface area (Å²) in [6.07, 6.45) is 3.73. The Kier molecular flexibility index (Phi) is 13.1. The molecule has 1 aromatic heterocycles. The summed E-state index contributed by atoms with van der Waals surface area (Å²) in [5, 5.41) is -0.431. The predicted octanol–water partition coefficient (Wildman–Crippen LogP) is 10.6. The van der Waals surface area contributed by atoms with Gasteiger partial charge in [0.2, 0.25) is 6.79 Å². The second-order valence-corrected chi connectivity index (χ2v) is 21.4. The number of fused-ring (bicyclic) bond motifs is 1. The van der Waals surface area contributed by atoms with Crippen LogP contribution in [0.25, 0.3) is 0 Å². The van der Waals surface area contributed by atoms with Crippen molar-refractivity contribution in [2.45, 2.75) is 123 Å². The number of benzene rings is 2. The van der Waals surface area contributed by atoms with Crippen LogP contribution in [0.15, 0.2) is 48.5 Å². The van der Waals surface area contributed by atoms with E-state index in [1.807, 2.05) is 45.0 Å². The number of methoxy groups -OCH3 is 1. The molecule has 1 aliphatic rings. The Bertz CT molecular complexity index is 1610. The zero-order chi connectivity index (χ0) is 36.9. The van der Waals surface area contributed by atoms with Gasteiger partial charge in [0.1, 0.15) is 11.4 Å². The van der Waals surface area contributed by atoms with Gasteiger partial charge in [-0.15, -0.1) is 11.6 Å². The zero-order valence-corrected chi connectivity index (χ0v) is 33.8. The predicted molar refractivity (Wildman–Crippen MR) is 204 cm³/mol. The maximum absolute atomic E-state index is 13.8. The van der Waals surface area contributed by atoms with Crippen LogP contribution in [0.1, 0.15) is 120 Å². The number of alkyl halides is 1. The summed E-state index contributed by atoms with van der Waals surface area (Å²) in [5.74, 6) is 1.63. The largest absolute Gasteiger partial charge is 0.497 e. The molecule has 9 heteroatoms. The monoisotopic (exact) mass is 723 g/mol. The molecule has 3 aromatic rings. The van der Waals surface area contributed by atoms with Crippen LogP contribution in [0.3, 0.4) is 0 Å². The molecule has 0 radical (unpaired) electrons. The highest BCUT2D eigenvalue weighted by molar-refractivity contribution is 6.74. The fraction of sp³-hybridized carbons (Fsp3) is 0.561. The molecule has 0 saturated heterocycles. The first-order valence-electron chi connectivity index (χ1n) is 18.0. The molecule has 0 saturated carbocycles. The number of carbonyl (C=O) groups excluding carboxylic acids is 1. The van der Waals surface area contributed by atoms with Gasteiger partial charge in [-0.3, -0.25) is 9.78 Å². The minimum Gasteiger partial charge on any atom is -0.497 e. The number of unbranched alkanes of at least 4 members (excludes halogenated alkanes) is 1. The summed E-state index contributed by atoms with van der Waals surface area (Å²) in [4.78, 5) is 19.1. The van der Waals surface area contributed by atoms with Crippen molar-refractivity contribution in [1.29, 1.82) is 0 Å². The van der Waals surface area contributed by atoms with Crippen LogP contribution < -0.4 is 14.2 Å². The van der Waals surface area contributed by atoms with E-state index in [2.05, 4.69) is 72.0 Å². The number of rotatable bonds is 15. The van der Waals surface area contributed by atoms with Gasteiger partial charge in [0, 0.05) is 18.2 Å².